The number of ether oxygens (including phenoxy) is 1. The van der Waals surface area contributed by atoms with E-state index >= 15 is 0 Å². The summed E-state index contributed by atoms with van der Waals surface area (Å²) >= 11 is 0. The third kappa shape index (κ3) is 4.59. The summed E-state index contributed by atoms with van der Waals surface area (Å²) in [6, 6.07) is 2.29. The topological polar surface area (TPSA) is 47.0 Å². The highest BCUT2D eigenvalue weighted by atomic mass is 16.5. The maximum atomic E-state index is 5.56. The fourth-order valence-electron chi connectivity index (χ4n) is 1.34. The summed E-state index contributed by atoms with van der Waals surface area (Å²) in [5.74, 6) is 2.35. The van der Waals surface area contributed by atoms with Gasteiger partial charge in [0.15, 0.2) is 0 Å². The Labute approximate surface area is 104 Å². The first-order chi connectivity index (χ1) is 8.19. The molecule has 1 heterocycles. The van der Waals surface area contributed by atoms with Crippen LogP contribution in [0.4, 0.5) is 5.82 Å². The molecule has 96 valence electrons. The van der Waals surface area contributed by atoms with Crippen molar-refractivity contribution < 1.29 is 4.74 Å². The van der Waals surface area contributed by atoms with Crippen LogP contribution in [-0.4, -0.2) is 22.6 Å². The molecule has 0 aliphatic carbocycles. The van der Waals surface area contributed by atoms with E-state index in [1.807, 2.05) is 13.0 Å². The molecule has 1 unspecified atom stereocenters. The SMILES string of the molecule is CCCOc1cc(NC(C)CC)nc(CC)n1. The Morgan fingerprint density at radius 2 is 2.06 bits per heavy atom. The molecule has 0 fully saturated rings. The zero-order chi connectivity index (χ0) is 12.7. The van der Waals surface area contributed by atoms with Gasteiger partial charge in [0.05, 0.1) is 6.61 Å². The van der Waals surface area contributed by atoms with Crippen molar-refractivity contribution in [1.82, 2.24) is 9.97 Å². The number of nitrogens with zero attached hydrogens (tertiary/aromatic N) is 2. The second kappa shape index (κ2) is 7.09. The molecule has 0 aromatic carbocycles. The first-order valence-corrected chi connectivity index (χ1v) is 6.46. The highest BCUT2D eigenvalue weighted by Crippen LogP contribution is 2.15. The molecule has 1 aromatic heterocycles. The van der Waals surface area contributed by atoms with Gasteiger partial charge in [-0.25, -0.2) is 4.98 Å². The third-order valence-corrected chi connectivity index (χ3v) is 2.53. The molecule has 0 radical (unpaired) electrons. The van der Waals surface area contributed by atoms with Gasteiger partial charge in [-0.3, -0.25) is 0 Å². The van der Waals surface area contributed by atoms with Crippen molar-refractivity contribution in [2.45, 2.75) is 53.0 Å². The Morgan fingerprint density at radius 3 is 2.65 bits per heavy atom. The van der Waals surface area contributed by atoms with E-state index in [1.54, 1.807) is 0 Å². The van der Waals surface area contributed by atoms with Gasteiger partial charge in [-0.1, -0.05) is 20.8 Å². The molecule has 0 bridgehead atoms. The molecular formula is C13H23N3O. The first kappa shape index (κ1) is 13.7. The van der Waals surface area contributed by atoms with E-state index in [0.717, 1.165) is 30.9 Å². The van der Waals surface area contributed by atoms with Crippen molar-refractivity contribution in [3.8, 4) is 5.88 Å². The largest absolute Gasteiger partial charge is 0.478 e. The second-order valence-electron chi connectivity index (χ2n) is 4.16. The van der Waals surface area contributed by atoms with Crippen LogP contribution in [0.1, 0.15) is 46.4 Å². The molecule has 1 rings (SSSR count). The quantitative estimate of drug-likeness (QED) is 0.791. The van der Waals surface area contributed by atoms with Crippen LogP contribution in [0.2, 0.25) is 0 Å². The van der Waals surface area contributed by atoms with Crippen LogP contribution in [0, 0.1) is 0 Å². The minimum atomic E-state index is 0.411. The summed E-state index contributed by atoms with van der Waals surface area (Å²) < 4.78 is 5.56. The van der Waals surface area contributed by atoms with Crippen molar-refractivity contribution >= 4 is 5.82 Å². The molecular weight excluding hydrogens is 214 g/mol. The lowest BCUT2D eigenvalue weighted by Gasteiger charge is -2.14. The number of aromatic nitrogens is 2. The van der Waals surface area contributed by atoms with Crippen molar-refractivity contribution in [3.05, 3.63) is 11.9 Å². The van der Waals surface area contributed by atoms with E-state index < -0.39 is 0 Å². The number of hydrogen-bond acceptors (Lipinski definition) is 4. The highest BCUT2D eigenvalue weighted by molar-refractivity contribution is 5.39. The van der Waals surface area contributed by atoms with Crippen LogP contribution in [0.3, 0.4) is 0 Å². The standard InChI is InChI=1S/C13H23N3O/c1-5-8-17-13-9-12(14-10(4)6-2)15-11(7-3)16-13/h9-10H,5-8H2,1-4H3,(H,14,15,16). The molecule has 0 saturated carbocycles. The molecule has 0 spiro atoms. The molecule has 0 saturated heterocycles. The summed E-state index contributed by atoms with van der Waals surface area (Å²) in [7, 11) is 0. The monoisotopic (exact) mass is 237 g/mol. The lowest BCUT2D eigenvalue weighted by Crippen LogP contribution is -2.15. The van der Waals surface area contributed by atoms with Gasteiger partial charge in [-0.05, 0) is 19.8 Å². The molecule has 17 heavy (non-hydrogen) atoms. The Balaban J connectivity index is 2.80. The molecule has 0 aliphatic rings. The van der Waals surface area contributed by atoms with Gasteiger partial charge in [-0.2, -0.15) is 4.98 Å². The Hall–Kier alpha value is -1.32. The summed E-state index contributed by atoms with van der Waals surface area (Å²) in [6.45, 7) is 9.11. The zero-order valence-electron chi connectivity index (χ0n) is 11.3. The molecule has 0 amide bonds. The highest BCUT2D eigenvalue weighted by Gasteiger charge is 2.06. The van der Waals surface area contributed by atoms with Gasteiger partial charge in [0.1, 0.15) is 11.6 Å². The summed E-state index contributed by atoms with van der Waals surface area (Å²) in [5, 5.41) is 3.35. The lowest BCUT2D eigenvalue weighted by atomic mass is 10.2. The van der Waals surface area contributed by atoms with E-state index in [2.05, 4.69) is 36.1 Å². The average molecular weight is 237 g/mol. The Morgan fingerprint density at radius 1 is 1.29 bits per heavy atom. The summed E-state index contributed by atoms with van der Waals surface area (Å²) in [6.07, 6.45) is 2.87. The number of anilines is 1. The van der Waals surface area contributed by atoms with Crippen LogP contribution in [0.5, 0.6) is 5.88 Å². The van der Waals surface area contributed by atoms with Gasteiger partial charge in [-0.15, -0.1) is 0 Å². The smallest absolute Gasteiger partial charge is 0.218 e. The number of rotatable bonds is 7. The van der Waals surface area contributed by atoms with E-state index in [4.69, 9.17) is 4.74 Å². The number of hydrogen-bond donors (Lipinski definition) is 1. The van der Waals surface area contributed by atoms with Crippen molar-refractivity contribution in [2.24, 2.45) is 0 Å². The zero-order valence-corrected chi connectivity index (χ0v) is 11.3. The lowest BCUT2D eigenvalue weighted by molar-refractivity contribution is 0.304. The first-order valence-electron chi connectivity index (χ1n) is 6.46. The van der Waals surface area contributed by atoms with E-state index in [9.17, 15) is 0 Å². The van der Waals surface area contributed by atoms with Gasteiger partial charge in [0, 0.05) is 18.5 Å². The predicted octanol–water partition coefficient (Wildman–Crippen LogP) is 3.04. The predicted molar refractivity (Wildman–Crippen MR) is 70.6 cm³/mol. The minimum Gasteiger partial charge on any atom is -0.478 e. The summed E-state index contributed by atoms with van der Waals surface area (Å²) in [5.41, 5.74) is 0. The fraction of sp³-hybridized carbons (Fsp3) is 0.692. The molecule has 1 N–H and O–H groups in total. The van der Waals surface area contributed by atoms with Gasteiger partial charge in [0.2, 0.25) is 5.88 Å². The molecule has 1 atom stereocenters. The van der Waals surface area contributed by atoms with Gasteiger partial charge < -0.3 is 10.1 Å². The molecule has 4 nitrogen and oxygen atoms in total. The molecule has 0 aliphatic heterocycles. The Bertz CT molecular complexity index is 341. The van der Waals surface area contributed by atoms with Crippen LogP contribution in [0.15, 0.2) is 6.07 Å². The van der Waals surface area contributed by atoms with E-state index in [-0.39, 0.29) is 0 Å². The summed E-state index contributed by atoms with van der Waals surface area (Å²) in [4.78, 5) is 8.79. The maximum absolute atomic E-state index is 5.56. The Kier molecular flexibility index (Phi) is 5.73. The number of nitrogens with one attached hydrogen (secondary N) is 1. The van der Waals surface area contributed by atoms with Crippen molar-refractivity contribution in [1.29, 1.82) is 0 Å². The van der Waals surface area contributed by atoms with Gasteiger partial charge >= 0.3 is 0 Å². The third-order valence-electron chi connectivity index (χ3n) is 2.53. The van der Waals surface area contributed by atoms with Crippen molar-refractivity contribution in [2.75, 3.05) is 11.9 Å². The average Bonchev–Trinajstić information content (AvgIpc) is 2.35. The van der Waals surface area contributed by atoms with E-state index in [0.29, 0.717) is 18.5 Å². The second-order valence-corrected chi connectivity index (χ2v) is 4.16. The molecule has 1 aromatic rings. The fourth-order valence-corrected chi connectivity index (χ4v) is 1.34. The minimum absolute atomic E-state index is 0.411. The molecule has 4 heteroatoms. The maximum Gasteiger partial charge on any atom is 0.218 e. The number of aryl methyl sites for hydroxylation is 1. The van der Waals surface area contributed by atoms with Crippen LogP contribution < -0.4 is 10.1 Å². The van der Waals surface area contributed by atoms with Gasteiger partial charge in [0.25, 0.3) is 0 Å². The van der Waals surface area contributed by atoms with Crippen LogP contribution >= 0.6 is 0 Å². The van der Waals surface area contributed by atoms with Crippen molar-refractivity contribution in [3.63, 3.8) is 0 Å². The van der Waals surface area contributed by atoms with Crippen LogP contribution in [0.25, 0.3) is 0 Å². The van der Waals surface area contributed by atoms with E-state index in [1.165, 1.54) is 0 Å². The van der Waals surface area contributed by atoms with Crippen LogP contribution in [-0.2, 0) is 6.42 Å². The normalized spacial score (nSPS) is 12.2.